The first-order valence-electron chi connectivity index (χ1n) is 6.06. The summed E-state index contributed by atoms with van der Waals surface area (Å²) in [7, 11) is 0. The molecule has 2 aromatic rings. The number of benzene rings is 1. The van der Waals surface area contributed by atoms with E-state index in [0.717, 1.165) is 6.08 Å². The maximum absolute atomic E-state index is 11.0. The van der Waals surface area contributed by atoms with Crippen molar-refractivity contribution in [3.63, 3.8) is 0 Å². The van der Waals surface area contributed by atoms with Crippen LogP contribution in [-0.4, -0.2) is 31.7 Å². The molecule has 0 aliphatic carbocycles. The molecule has 0 radical (unpaired) electrons. The zero-order valence-electron chi connectivity index (χ0n) is 11.1. The largest absolute Gasteiger partial charge is 0.478 e. The van der Waals surface area contributed by atoms with Crippen LogP contribution in [0, 0.1) is 0 Å². The predicted molar refractivity (Wildman–Crippen MR) is 73.7 cm³/mol. The van der Waals surface area contributed by atoms with Gasteiger partial charge in [-0.15, -0.1) is 0 Å². The molecule has 1 aromatic heterocycles. The summed E-state index contributed by atoms with van der Waals surface area (Å²) >= 11 is 0. The molecule has 1 aromatic carbocycles. The Morgan fingerprint density at radius 2 is 2.00 bits per heavy atom. The number of carboxylic acid groups (broad SMARTS) is 2. The summed E-state index contributed by atoms with van der Waals surface area (Å²) in [6, 6.07) is 4.67. The van der Waals surface area contributed by atoms with E-state index in [2.05, 4.69) is 4.98 Å². The summed E-state index contributed by atoms with van der Waals surface area (Å²) in [4.78, 5) is 26.0. The van der Waals surface area contributed by atoms with Gasteiger partial charge in [0.1, 0.15) is 5.82 Å². The minimum atomic E-state index is -1.06. The van der Waals surface area contributed by atoms with Crippen molar-refractivity contribution in [2.45, 2.75) is 19.9 Å². The fourth-order valence-electron chi connectivity index (χ4n) is 2.05. The predicted octanol–water partition coefficient (Wildman–Crippen LogP) is 2.41. The summed E-state index contributed by atoms with van der Waals surface area (Å²) in [5.41, 5.74) is 1.48. The van der Waals surface area contributed by atoms with Crippen LogP contribution in [-0.2, 0) is 4.79 Å². The number of hydrogen-bond acceptors (Lipinski definition) is 3. The van der Waals surface area contributed by atoms with E-state index >= 15 is 0 Å². The van der Waals surface area contributed by atoms with Crippen molar-refractivity contribution in [2.75, 3.05) is 0 Å². The van der Waals surface area contributed by atoms with Crippen LogP contribution in [0.15, 0.2) is 24.3 Å². The molecular weight excluding hydrogens is 260 g/mol. The van der Waals surface area contributed by atoms with Crippen LogP contribution in [0.5, 0.6) is 0 Å². The van der Waals surface area contributed by atoms with Gasteiger partial charge in [-0.05, 0) is 38.1 Å². The quantitative estimate of drug-likeness (QED) is 0.835. The van der Waals surface area contributed by atoms with Gasteiger partial charge in [0.15, 0.2) is 0 Å². The zero-order valence-corrected chi connectivity index (χ0v) is 11.1. The molecule has 0 amide bonds. The molecule has 0 unspecified atom stereocenters. The lowest BCUT2D eigenvalue weighted by molar-refractivity contribution is -0.131. The van der Waals surface area contributed by atoms with Gasteiger partial charge in [-0.1, -0.05) is 0 Å². The van der Waals surface area contributed by atoms with Crippen molar-refractivity contribution >= 4 is 29.0 Å². The molecule has 0 saturated carbocycles. The Morgan fingerprint density at radius 3 is 2.55 bits per heavy atom. The van der Waals surface area contributed by atoms with Crippen molar-refractivity contribution in [2.24, 2.45) is 0 Å². The third-order valence-corrected chi connectivity index (χ3v) is 2.86. The minimum absolute atomic E-state index is 0.0255. The van der Waals surface area contributed by atoms with Gasteiger partial charge in [0.05, 0.1) is 16.6 Å². The van der Waals surface area contributed by atoms with Crippen molar-refractivity contribution in [1.29, 1.82) is 0 Å². The van der Waals surface area contributed by atoms with E-state index in [-0.39, 0.29) is 11.6 Å². The molecule has 6 heteroatoms. The Bertz CT molecular complexity index is 713. The fourth-order valence-corrected chi connectivity index (χ4v) is 2.05. The maximum Gasteiger partial charge on any atom is 0.335 e. The van der Waals surface area contributed by atoms with E-state index in [9.17, 15) is 9.59 Å². The number of carboxylic acids is 2. The standard InChI is InChI=1S/C14H14N2O4/c1-8(2)16-11-7-9(14(19)20)3-4-10(11)15-12(16)5-6-13(17)18/h3-8H,1-2H3,(H,17,18)(H,19,20)/b6-5+. The maximum atomic E-state index is 11.0. The lowest BCUT2D eigenvalue weighted by atomic mass is 10.2. The SMILES string of the molecule is CC(C)n1c(/C=C/C(=O)O)nc2ccc(C(=O)O)cc21. The van der Waals surface area contributed by atoms with E-state index in [0.29, 0.717) is 16.9 Å². The van der Waals surface area contributed by atoms with Crippen molar-refractivity contribution in [3.05, 3.63) is 35.7 Å². The van der Waals surface area contributed by atoms with Gasteiger partial charge in [0.25, 0.3) is 0 Å². The lowest BCUT2D eigenvalue weighted by Crippen LogP contribution is -2.04. The molecule has 2 rings (SSSR count). The molecule has 1 heterocycles. The average molecular weight is 274 g/mol. The van der Waals surface area contributed by atoms with Crippen LogP contribution >= 0.6 is 0 Å². The number of nitrogens with zero attached hydrogens (tertiary/aromatic N) is 2. The number of hydrogen-bond donors (Lipinski definition) is 2. The number of carbonyl (C=O) groups is 2. The number of aliphatic carboxylic acids is 1. The highest BCUT2D eigenvalue weighted by molar-refractivity contribution is 5.93. The third kappa shape index (κ3) is 2.54. The molecule has 0 saturated heterocycles. The van der Waals surface area contributed by atoms with Gasteiger partial charge in [-0.25, -0.2) is 14.6 Å². The van der Waals surface area contributed by atoms with Crippen LogP contribution < -0.4 is 0 Å². The Balaban J connectivity index is 2.67. The van der Waals surface area contributed by atoms with Crippen molar-refractivity contribution in [1.82, 2.24) is 9.55 Å². The van der Waals surface area contributed by atoms with Crippen LogP contribution in [0.3, 0.4) is 0 Å². The highest BCUT2D eigenvalue weighted by atomic mass is 16.4. The first kappa shape index (κ1) is 13.8. The topological polar surface area (TPSA) is 92.4 Å². The number of imidazole rings is 1. The molecular formula is C14H14N2O4. The second-order valence-electron chi connectivity index (χ2n) is 4.61. The smallest absolute Gasteiger partial charge is 0.335 e. The van der Waals surface area contributed by atoms with Gasteiger partial charge in [-0.2, -0.15) is 0 Å². The molecule has 0 fully saturated rings. The zero-order chi connectivity index (χ0) is 14.9. The van der Waals surface area contributed by atoms with Gasteiger partial charge in [0, 0.05) is 12.1 Å². The Morgan fingerprint density at radius 1 is 1.30 bits per heavy atom. The minimum Gasteiger partial charge on any atom is -0.478 e. The molecule has 20 heavy (non-hydrogen) atoms. The van der Waals surface area contributed by atoms with Crippen molar-refractivity contribution < 1.29 is 19.8 Å². The third-order valence-electron chi connectivity index (χ3n) is 2.86. The molecule has 0 atom stereocenters. The summed E-state index contributed by atoms with van der Waals surface area (Å²) in [6.07, 6.45) is 2.42. The number of aromatic carboxylic acids is 1. The number of fused-ring (bicyclic) bond motifs is 1. The van der Waals surface area contributed by atoms with Gasteiger partial charge >= 0.3 is 11.9 Å². The summed E-state index contributed by atoms with van der Waals surface area (Å²) in [5.74, 6) is -1.58. The summed E-state index contributed by atoms with van der Waals surface area (Å²) < 4.78 is 1.81. The van der Waals surface area contributed by atoms with Crippen LogP contribution in [0.4, 0.5) is 0 Å². The first-order chi connectivity index (χ1) is 9.40. The second-order valence-corrected chi connectivity index (χ2v) is 4.61. The summed E-state index contributed by atoms with van der Waals surface area (Å²) in [6.45, 7) is 3.85. The molecule has 0 aliphatic heterocycles. The first-order valence-corrected chi connectivity index (χ1v) is 6.06. The van der Waals surface area contributed by atoms with E-state index in [1.54, 1.807) is 16.7 Å². The van der Waals surface area contributed by atoms with E-state index in [1.807, 2.05) is 13.8 Å². The Kier molecular flexibility index (Phi) is 3.56. The van der Waals surface area contributed by atoms with Gasteiger partial charge < -0.3 is 14.8 Å². The summed E-state index contributed by atoms with van der Waals surface area (Å²) in [5, 5.41) is 17.7. The number of aromatic nitrogens is 2. The van der Waals surface area contributed by atoms with E-state index < -0.39 is 11.9 Å². The molecule has 0 spiro atoms. The fraction of sp³-hybridized carbons (Fsp3) is 0.214. The molecule has 104 valence electrons. The van der Waals surface area contributed by atoms with E-state index in [4.69, 9.17) is 10.2 Å². The normalized spacial score (nSPS) is 11.6. The molecule has 0 aliphatic rings. The van der Waals surface area contributed by atoms with Gasteiger partial charge in [-0.3, -0.25) is 0 Å². The lowest BCUT2D eigenvalue weighted by Gasteiger charge is -2.11. The van der Waals surface area contributed by atoms with Crippen molar-refractivity contribution in [3.8, 4) is 0 Å². The Hall–Kier alpha value is -2.63. The van der Waals surface area contributed by atoms with E-state index in [1.165, 1.54) is 12.1 Å². The highest BCUT2D eigenvalue weighted by Gasteiger charge is 2.14. The van der Waals surface area contributed by atoms with Crippen LogP contribution in [0.25, 0.3) is 17.1 Å². The average Bonchev–Trinajstić information content (AvgIpc) is 2.73. The monoisotopic (exact) mass is 274 g/mol. The molecule has 6 nitrogen and oxygen atoms in total. The molecule has 2 N–H and O–H groups in total. The Labute approximate surface area is 115 Å². The van der Waals surface area contributed by atoms with Crippen LogP contribution in [0.2, 0.25) is 0 Å². The van der Waals surface area contributed by atoms with Gasteiger partial charge in [0.2, 0.25) is 0 Å². The second kappa shape index (κ2) is 5.16. The number of rotatable bonds is 4. The highest BCUT2D eigenvalue weighted by Crippen LogP contribution is 2.23. The molecule has 0 bridgehead atoms. The van der Waals surface area contributed by atoms with Crippen LogP contribution in [0.1, 0.15) is 36.1 Å².